The Labute approximate surface area is 72.6 Å². The van der Waals surface area contributed by atoms with Gasteiger partial charge >= 0.3 is 11.9 Å². The van der Waals surface area contributed by atoms with Gasteiger partial charge in [0.1, 0.15) is 11.9 Å². The second kappa shape index (κ2) is 4.55. The third-order valence-corrected chi connectivity index (χ3v) is 1.06. The van der Waals surface area contributed by atoms with E-state index in [1.807, 2.05) is 5.32 Å². The summed E-state index contributed by atoms with van der Waals surface area (Å²) >= 11 is 4.61. The van der Waals surface area contributed by atoms with Gasteiger partial charge < -0.3 is 14.7 Å². The quantitative estimate of drug-likeness (QED) is 0.580. The minimum absolute atomic E-state index is 0.663. The zero-order chi connectivity index (χ0) is 9.72. The van der Waals surface area contributed by atoms with E-state index in [1.54, 1.807) is 0 Å². The lowest BCUT2D eigenvalue weighted by Gasteiger charge is -2.07. The highest BCUT2D eigenvalue weighted by Gasteiger charge is 2.28. The maximum Gasteiger partial charge on any atom is 0.358 e. The van der Waals surface area contributed by atoms with Gasteiger partial charge in [0.15, 0.2) is 0 Å². The van der Waals surface area contributed by atoms with E-state index in [0.29, 0.717) is 0 Å². The van der Waals surface area contributed by atoms with Crippen LogP contribution in [-0.4, -0.2) is 29.0 Å². The Morgan fingerprint density at radius 2 is 2.00 bits per heavy atom. The molecule has 0 bridgehead atoms. The largest absolute Gasteiger partial charge is 0.479 e. The van der Waals surface area contributed by atoms with E-state index in [1.165, 1.54) is 0 Å². The molecule has 0 rings (SSSR count). The molecule has 0 aliphatic heterocycles. The van der Waals surface area contributed by atoms with Crippen LogP contribution in [0.1, 0.15) is 6.92 Å². The summed E-state index contributed by atoms with van der Waals surface area (Å²) < 4.78 is 3.61. The first kappa shape index (κ1) is 10.7. The van der Waals surface area contributed by atoms with Gasteiger partial charge in [0, 0.05) is 6.92 Å². The molecule has 0 heterocycles. The Morgan fingerprint density at radius 3 is 2.25 bits per heavy atom. The molecule has 0 aromatic carbocycles. The predicted octanol–water partition coefficient (Wildman–Crippen LogP) is -0.727. The van der Waals surface area contributed by atoms with E-state index in [9.17, 15) is 14.4 Å². The average molecular weight is 196 g/mol. The minimum atomic E-state index is -1.75. The molecule has 0 aliphatic carbocycles. The van der Waals surface area contributed by atoms with Crippen LogP contribution in [0.15, 0.2) is 0 Å². The van der Waals surface area contributed by atoms with Gasteiger partial charge in [-0.05, 0) is 0 Å². The number of hydrogen-bond donors (Lipinski definition) is 2. The Kier molecular flexibility index (Phi) is 4.06. The van der Waals surface area contributed by atoms with E-state index in [4.69, 9.17) is 5.11 Å². The molecule has 0 aromatic rings. The number of carbonyl (C=O) groups is 3. The summed E-state index contributed by atoms with van der Waals surface area (Å²) in [7, 11) is 0. The van der Waals surface area contributed by atoms with Crippen molar-refractivity contribution in [3.63, 3.8) is 0 Å². The third kappa shape index (κ3) is 3.20. The van der Waals surface area contributed by atoms with Crippen molar-refractivity contribution >= 4 is 29.7 Å². The van der Waals surface area contributed by atoms with E-state index < -0.39 is 23.9 Å². The SMILES string of the molecule is CC(=O)NC(C(=O)O)C(=O)OCl. The van der Waals surface area contributed by atoms with Crippen LogP contribution in [0.25, 0.3) is 0 Å². The molecule has 1 amide bonds. The molecular weight excluding hydrogens is 190 g/mol. The summed E-state index contributed by atoms with van der Waals surface area (Å²) in [5.41, 5.74) is 0. The average Bonchev–Trinajstić information content (AvgIpc) is 1.98. The number of carbonyl (C=O) groups excluding carboxylic acids is 2. The molecule has 0 aromatic heterocycles. The Morgan fingerprint density at radius 1 is 1.50 bits per heavy atom. The van der Waals surface area contributed by atoms with Crippen molar-refractivity contribution < 1.29 is 23.8 Å². The molecule has 7 heteroatoms. The standard InChI is InChI=1S/C5H6ClNO5/c1-2(8)7-3(4(9)10)5(11)12-6/h3H,1H3,(H,7,8)(H,9,10). The van der Waals surface area contributed by atoms with Crippen molar-refractivity contribution in [2.24, 2.45) is 0 Å². The highest BCUT2D eigenvalue weighted by Crippen LogP contribution is 1.92. The molecule has 6 nitrogen and oxygen atoms in total. The molecule has 0 spiro atoms. The molecule has 1 atom stereocenters. The second-order valence-electron chi connectivity index (χ2n) is 1.87. The Bertz CT molecular complexity index is 216. The summed E-state index contributed by atoms with van der Waals surface area (Å²) in [6, 6.07) is -1.75. The van der Waals surface area contributed by atoms with Crippen LogP contribution in [-0.2, 0) is 18.7 Å². The van der Waals surface area contributed by atoms with Gasteiger partial charge in [0.05, 0.1) is 0 Å². The van der Waals surface area contributed by atoms with Crippen LogP contribution in [0.4, 0.5) is 0 Å². The second-order valence-corrected chi connectivity index (χ2v) is 2.02. The normalized spacial score (nSPS) is 11.5. The number of carboxylic acid groups (broad SMARTS) is 1. The van der Waals surface area contributed by atoms with Gasteiger partial charge in [-0.2, -0.15) is 0 Å². The first-order valence-electron chi connectivity index (χ1n) is 2.81. The summed E-state index contributed by atoms with van der Waals surface area (Å²) in [6.07, 6.45) is 0. The molecule has 1 unspecified atom stereocenters. The molecule has 0 fully saturated rings. The van der Waals surface area contributed by atoms with Crippen molar-refractivity contribution in [1.82, 2.24) is 5.32 Å². The molecule has 12 heavy (non-hydrogen) atoms. The first-order valence-corrected chi connectivity index (χ1v) is 3.12. The highest BCUT2D eigenvalue weighted by atomic mass is 35.5. The van der Waals surface area contributed by atoms with Gasteiger partial charge in [-0.25, -0.2) is 9.59 Å². The fourth-order valence-corrected chi connectivity index (χ4v) is 0.558. The molecule has 0 saturated carbocycles. The maximum absolute atomic E-state index is 10.5. The lowest BCUT2D eigenvalue weighted by molar-refractivity contribution is -0.151. The lowest BCUT2D eigenvalue weighted by atomic mass is 10.3. The van der Waals surface area contributed by atoms with Crippen molar-refractivity contribution in [3.8, 4) is 0 Å². The van der Waals surface area contributed by atoms with Crippen molar-refractivity contribution in [1.29, 1.82) is 0 Å². The van der Waals surface area contributed by atoms with Crippen LogP contribution in [0.3, 0.4) is 0 Å². The number of hydrogen-bond acceptors (Lipinski definition) is 4. The lowest BCUT2D eigenvalue weighted by Crippen LogP contribution is -2.45. The smallest absolute Gasteiger partial charge is 0.358 e. The summed E-state index contributed by atoms with van der Waals surface area (Å²) in [4.78, 5) is 31.2. The summed E-state index contributed by atoms with van der Waals surface area (Å²) in [6.45, 7) is 1.07. The number of rotatable bonds is 3. The molecule has 0 aliphatic rings. The molecular formula is C5H6ClNO5. The van der Waals surface area contributed by atoms with E-state index >= 15 is 0 Å². The summed E-state index contributed by atoms with van der Waals surface area (Å²) in [5.74, 6) is -3.43. The highest BCUT2D eigenvalue weighted by molar-refractivity contribution is 6.16. The van der Waals surface area contributed by atoms with Gasteiger partial charge in [-0.1, -0.05) is 0 Å². The first-order chi connectivity index (χ1) is 5.49. The topological polar surface area (TPSA) is 92.7 Å². The minimum Gasteiger partial charge on any atom is -0.479 e. The van der Waals surface area contributed by atoms with Crippen molar-refractivity contribution in [2.75, 3.05) is 0 Å². The fraction of sp³-hybridized carbons (Fsp3) is 0.400. The van der Waals surface area contributed by atoms with Gasteiger partial charge in [-0.15, -0.1) is 0 Å². The van der Waals surface area contributed by atoms with E-state index in [-0.39, 0.29) is 0 Å². The fourth-order valence-electron chi connectivity index (χ4n) is 0.469. The van der Waals surface area contributed by atoms with E-state index in [2.05, 4.69) is 16.2 Å². The molecule has 2 N–H and O–H groups in total. The van der Waals surface area contributed by atoms with Crippen LogP contribution < -0.4 is 5.32 Å². The summed E-state index contributed by atoms with van der Waals surface area (Å²) in [5, 5.41) is 10.2. The van der Waals surface area contributed by atoms with Gasteiger partial charge in [0.25, 0.3) is 0 Å². The number of aliphatic carboxylic acids is 1. The molecule has 0 saturated heterocycles. The van der Waals surface area contributed by atoms with Crippen LogP contribution in [0.5, 0.6) is 0 Å². The zero-order valence-corrected chi connectivity index (χ0v) is 6.79. The third-order valence-electron chi connectivity index (χ3n) is 0.906. The Hall–Kier alpha value is -1.30. The van der Waals surface area contributed by atoms with Crippen LogP contribution >= 0.6 is 11.9 Å². The number of halogens is 1. The zero-order valence-electron chi connectivity index (χ0n) is 6.04. The van der Waals surface area contributed by atoms with Gasteiger partial charge in [0.2, 0.25) is 11.9 Å². The maximum atomic E-state index is 10.5. The van der Waals surface area contributed by atoms with Crippen molar-refractivity contribution in [3.05, 3.63) is 0 Å². The molecule has 0 radical (unpaired) electrons. The van der Waals surface area contributed by atoms with Crippen molar-refractivity contribution in [2.45, 2.75) is 13.0 Å². The Balaban J connectivity index is 4.33. The monoisotopic (exact) mass is 195 g/mol. The number of amides is 1. The van der Waals surface area contributed by atoms with Crippen LogP contribution in [0.2, 0.25) is 0 Å². The van der Waals surface area contributed by atoms with Crippen LogP contribution in [0, 0.1) is 0 Å². The number of nitrogens with one attached hydrogen (secondary N) is 1. The predicted molar refractivity (Wildman–Crippen MR) is 37.2 cm³/mol. The van der Waals surface area contributed by atoms with Gasteiger partial charge in [-0.3, -0.25) is 4.79 Å². The molecule has 68 valence electrons. The van der Waals surface area contributed by atoms with E-state index in [0.717, 1.165) is 6.92 Å². The number of carboxylic acids is 1.